The van der Waals surface area contributed by atoms with Crippen molar-refractivity contribution in [3.8, 4) is 11.1 Å². The minimum Gasteiger partial charge on any atom is -0.478 e. The van der Waals surface area contributed by atoms with Crippen molar-refractivity contribution in [2.24, 2.45) is 0 Å². The molecule has 1 aliphatic carbocycles. The van der Waals surface area contributed by atoms with Crippen LogP contribution in [0.25, 0.3) is 22.0 Å². The Morgan fingerprint density at radius 1 is 0.970 bits per heavy atom. The lowest BCUT2D eigenvalue weighted by atomic mass is 9.98. The van der Waals surface area contributed by atoms with E-state index in [9.17, 15) is 14.7 Å². The van der Waals surface area contributed by atoms with Gasteiger partial charge in [0.05, 0.1) is 17.6 Å². The molecule has 0 bridgehead atoms. The average Bonchev–Trinajstić information content (AvgIpc) is 3.37. The zero-order valence-corrected chi connectivity index (χ0v) is 17.9. The van der Waals surface area contributed by atoms with Crippen molar-refractivity contribution in [1.29, 1.82) is 0 Å². The molecule has 164 valence electrons. The predicted molar refractivity (Wildman–Crippen MR) is 124 cm³/mol. The lowest BCUT2D eigenvalue weighted by Crippen LogP contribution is -2.36. The third-order valence-electron chi connectivity index (χ3n) is 6.84. The molecule has 0 spiro atoms. The number of aromatic carboxylic acids is 1. The van der Waals surface area contributed by atoms with E-state index in [1.807, 2.05) is 30.3 Å². The number of hydrogen-bond acceptors (Lipinski definition) is 3. The maximum Gasteiger partial charge on any atom is 0.410 e. The molecule has 6 heteroatoms. The highest BCUT2D eigenvalue weighted by Crippen LogP contribution is 2.44. The highest BCUT2D eigenvalue weighted by Gasteiger charge is 2.31. The summed E-state index contributed by atoms with van der Waals surface area (Å²) in [7, 11) is 0. The molecule has 2 heterocycles. The van der Waals surface area contributed by atoms with Crippen LogP contribution < -0.4 is 0 Å². The predicted octanol–water partition coefficient (Wildman–Crippen LogP) is 5.17. The summed E-state index contributed by atoms with van der Waals surface area (Å²) in [6.07, 6.45) is 0.291. The highest BCUT2D eigenvalue weighted by atomic mass is 16.6. The number of ether oxygens (including phenoxy) is 1. The fraction of sp³-hybridized carbons (Fsp3) is 0.185. The van der Waals surface area contributed by atoms with Crippen molar-refractivity contribution in [2.75, 3.05) is 13.2 Å². The number of rotatable bonds is 3. The van der Waals surface area contributed by atoms with Crippen LogP contribution in [0.2, 0.25) is 0 Å². The van der Waals surface area contributed by atoms with Gasteiger partial charge in [-0.3, -0.25) is 0 Å². The van der Waals surface area contributed by atoms with Crippen LogP contribution in [0.15, 0.2) is 66.7 Å². The molecule has 0 radical (unpaired) electrons. The molecule has 1 amide bonds. The van der Waals surface area contributed by atoms with Gasteiger partial charge in [0.2, 0.25) is 0 Å². The largest absolute Gasteiger partial charge is 0.478 e. The first-order valence-electron chi connectivity index (χ1n) is 11.1. The summed E-state index contributed by atoms with van der Waals surface area (Å²) in [6, 6.07) is 21.8. The van der Waals surface area contributed by atoms with Crippen LogP contribution in [0.4, 0.5) is 4.79 Å². The van der Waals surface area contributed by atoms with Gasteiger partial charge in [-0.15, -0.1) is 0 Å². The van der Waals surface area contributed by atoms with Gasteiger partial charge in [0, 0.05) is 35.5 Å². The Morgan fingerprint density at radius 3 is 2.36 bits per heavy atom. The molecule has 1 aromatic heterocycles. The number of carbonyl (C=O) groups excluding carboxylic acids is 1. The van der Waals surface area contributed by atoms with Gasteiger partial charge in [-0.2, -0.15) is 0 Å². The summed E-state index contributed by atoms with van der Waals surface area (Å²) in [5.74, 6) is -0.944. The smallest absolute Gasteiger partial charge is 0.410 e. The first-order chi connectivity index (χ1) is 16.1. The minimum absolute atomic E-state index is 0.0212. The molecule has 33 heavy (non-hydrogen) atoms. The topological polar surface area (TPSA) is 82.6 Å². The minimum atomic E-state index is -0.965. The van der Waals surface area contributed by atoms with Gasteiger partial charge in [-0.05, 0) is 28.3 Å². The third kappa shape index (κ3) is 3.09. The van der Waals surface area contributed by atoms with Crippen LogP contribution in [-0.2, 0) is 17.7 Å². The van der Waals surface area contributed by atoms with Gasteiger partial charge in [0.25, 0.3) is 0 Å². The average molecular weight is 438 g/mol. The zero-order chi connectivity index (χ0) is 22.5. The number of hydrogen-bond donors (Lipinski definition) is 2. The molecule has 0 saturated heterocycles. The SMILES string of the molecule is O=C(O)c1cccc2c3c([nH]c12)CCN(C(=O)OCC1c2ccccc2-c2ccccc21)C3. The Bertz CT molecular complexity index is 1380. The Labute approximate surface area is 190 Å². The second-order valence-corrected chi connectivity index (χ2v) is 8.59. The Kier molecular flexibility index (Phi) is 4.47. The molecular formula is C27H22N2O4. The van der Waals surface area contributed by atoms with Crippen LogP contribution in [-0.4, -0.2) is 40.2 Å². The Balaban J connectivity index is 1.22. The summed E-state index contributed by atoms with van der Waals surface area (Å²) < 4.78 is 5.83. The van der Waals surface area contributed by atoms with E-state index in [-0.39, 0.29) is 24.2 Å². The molecule has 6 rings (SSSR count). The number of carbonyl (C=O) groups is 2. The summed E-state index contributed by atoms with van der Waals surface area (Å²) in [5, 5.41) is 10.3. The van der Waals surface area contributed by atoms with Crippen LogP contribution >= 0.6 is 0 Å². The van der Waals surface area contributed by atoms with Crippen molar-refractivity contribution >= 4 is 23.0 Å². The van der Waals surface area contributed by atoms with E-state index in [2.05, 4.69) is 29.2 Å². The van der Waals surface area contributed by atoms with E-state index >= 15 is 0 Å². The van der Waals surface area contributed by atoms with Gasteiger partial charge in [-0.1, -0.05) is 60.7 Å². The van der Waals surface area contributed by atoms with Gasteiger partial charge in [-0.25, -0.2) is 9.59 Å². The third-order valence-corrected chi connectivity index (χ3v) is 6.84. The van der Waals surface area contributed by atoms with Crippen LogP contribution in [0.1, 0.15) is 38.7 Å². The summed E-state index contributed by atoms with van der Waals surface area (Å²) in [4.78, 5) is 29.6. The maximum absolute atomic E-state index is 13.0. The first kappa shape index (κ1) is 19.6. The van der Waals surface area contributed by atoms with E-state index < -0.39 is 5.97 Å². The summed E-state index contributed by atoms with van der Waals surface area (Å²) in [5.41, 5.74) is 7.58. The number of carboxylic acid groups (broad SMARTS) is 1. The summed E-state index contributed by atoms with van der Waals surface area (Å²) in [6.45, 7) is 1.21. The van der Waals surface area contributed by atoms with Crippen molar-refractivity contribution < 1.29 is 19.4 Å². The molecule has 2 N–H and O–H groups in total. The standard InChI is InChI=1S/C27H22N2O4/c30-26(31)21-11-5-10-20-22-14-29(13-12-24(22)28-25(20)21)27(32)33-15-23-18-8-3-1-6-16(18)17-7-2-4-9-19(17)23/h1-11,23,28H,12-15H2,(H,30,31). The van der Waals surface area contributed by atoms with E-state index in [0.29, 0.717) is 25.0 Å². The number of carboxylic acids is 1. The fourth-order valence-electron chi connectivity index (χ4n) is 5.26. The monoisotopic (exact) mass is 438 g/mol. The number of nitrogens with one attached hydrogen (secondary N) is 1. The number of H-pyrrole nitrogens is 1. The van der Waals surface area contributed by atoms with Crippen molar-refractivity contribution in [1.82, 2.24) is 9.88 Å². The second-order valence-electron chi connectivity index (χ2n) is 8.59. The molecule has 6 nitrogen and oxygen atoms in total. The Hall–Kier alpha value is -4.06. The maximum atomic E-state index is 13.0. The van der Waals surface area contributed by atoms with Crippen LogP contribution in [0.5, 0.6) is 0 Å². The molecule has 0 unspecified atom stereocenters. The van der Waals surface area contributed by atoms with Crippen molar-refractivity contribution in [2.45, 2.75) is 18.9 Å². The van der Waals surface area contributed by atoms with E-state index in [4.69, 9.17) is 4.74 Å². The quantitative estimate of drug-likeness (QED) is 0.462. The highest BCUT2D eigenvalue weighted by molar-refractivity contribution is 6.03. The zero-order valence-electron chi connectivity index (χ0n) is 17.9. The molecule has 0 fully saturated rings. The number of fused-ring (bicyclic) bond motifs is 6. The molecule has 0 atom stereocenters. The van der Waals surface area contributed by atoms with Gasteiger partial charge in [0.15, 0.2) is 0 Å². The van der Waals surface area contributed by atoms with Crippen molar-refractivity contribution in [3.05, 3.63) is 94.7 Å². The first-order valence-corrected chi connectivity index (χ1v) is 11.1. The number of aromatic amines is 1. The number of amides is 1. The van der Waals surface area contributed by atoms with Gasteiger partial charge in [0.1, 0.15) is 6.61 Å². The molecule has 0 saturated carbocycles. The molecule has 3 aromatic carbocycles. The Morgan fingerprint density at radius 2 is 1.67 bits per heavy atom. The molecular weight excluding hydrogens is 416 g/mol. The lowest BCUT2D eigenvalue weighted by molar-refractivity contribution is 0.0698. The van der Waals surface area contributed by atoms with E-state index in [1.165, 1.54) is 22.3 Å². The number of benzene rings is 3. The van der Waals surface area contributed by atoms with Crippen molar-refractivity contribution in [3.63, 3.8) is 0 Å². The van der Waals surface area contributed by atoms with Crippen LogP contribution in [0.3, 0.4) is 0 Å². The second kappa shape index (κ2) is 7.52. The number of nitrogens with zero attached hydrogens (tertiary/aromatic N) is 1. The van der Waals surface area contributed by atoms with Gasteiger partial charge < -0.3 is 19.7 Å². The fourth-order valence-corrected chi connectivity index (χ4v) is 5.26. The molecule has 4 aromatic rings. The summed E-state index contributed by atoms with van der Waals surface area (Å²) >= 11 is 0. The molecule has 1 aliphatic heterocycles. The molecule has 2 aliphatic rings. The normalized spacial score (nSPS) is 14.6. The van der Waals surface area contributed by atoms with E-state index in [0.717, 1.165) is 16.6 Å². The van der Waals surface area contributed by atoms with Crippen LogP contribution in [0, 0.1) is 0 Å². The van der Waals surface area contributed by atoms with E-state index in [1.54, 1.807) is 17.0 Å². The lowest BCUT2D eigenvalue weighted by Gasteiger charge is -2.27. The number of para-hydroxylation sites is 1. The van der Waals surface area contributed by atoms with Gasteiger partial charge >= 0.3 is 12.1 Å². The number of aromatic nitrogens is 1.